The molecule has 5 nitrogen and oxygen atoms in total. The Balaban J connectivity index is 2.24. The average molecular weight is 203 g/mol. The molecule has 2 aromatic rings. The van der Waals surface area contributed by atoms with Gasteiger partial charge in [-0.15, -0.1) is 0 Å². The van der Waals surface area contributed by atoms with E-state index in [4.69, 9.17) is 5.11 Å². The molecule has 2 rings (SSSR count). The number of hydrogen-bond donors (Lipinski definition) is 1. The molecular formula is C10H9N3O2. The molecule has 76 valence electrons. The molecule has 0 spiro atoms. The zero-order valence-electron chi connectivity index (χ0n) is 7.87. The van der Waals surface area contributed by atoms with E-state index in [2.05, 4.69) is 10.1 Å². The lowest BCUT2D eigenvalue weighted by molar-refractivity contribution is -0.136. The highest BCUT2D eigenvalue weighted by molar-refractivity contribution is 5.69. The maximum absolute atomic E-state index is 10.5. The van der Waals surface area contributed by atoms with Gasteiger partial charge in [0.25, 0.3) is 0 Å². The van der Waals surface area contributed by atoms with Crippen molar-refractivity contribution in [3.8, 4) is 5.69 Å². The van der Waals surface area contributed by atoms with Crippen molar-refractivity contribution in [1.29, 1.82) is 0 Å². The van der Waals surface area contributed by atoms with Crippen molar-refractivity contribution in [3.63, 3.8) is 0 Å². The Labute approximate surface area is 86.0 Å². The van der Waals surface area contributed by atoms with Crippen LogP contribution < -0.4 is 0 Å². The SMILES string of the molecule is O=C(O)Cc1ccn(-c2cccnc2)n1. The second kappa shape index (κ2) is 3.91. The molecule has 0 aliphatic rings. The molecule has 0 amide bonds. The second-order valence-electron chi connectivity index (χ2n) is 3.03. The lowest BCUT2D eigenvalue weighted by Gasteiger charge is -1.98. The molecule has 15 heavy (non-hydrogen) atoms. The van der Waals surface area contributed by atoms with E-state index < -0.39 is 5.97 Å². The zero-order valence-corrected chi connectivity index (χ0v) is 7.87. The molecule has 0 atom stereocenters. The van der Waals surface area contributed by atoms with Crippen LogP contribution in [-0.2, 0) is 11.2 Å². The van der Waals surface area contributed by atoms with Gasteiger partial charge in [0, 0.05) is 12.4 Å². The van der Waals surface area contributed by atoms with Crippen molar-refractivity contribution in [2.45, 2.75) is 6.42 Å². The highest BCUT2D eigenvalue weighted by Gasteiger charge is 2.04. The molecule has 0 fully saturated rings. The predicted octanol–water partition coefficient (Wildman–Crippen LogP) is 0.894. The number of rotatable bonds is 3. The maximum Gasteiger partial charge on any atom is 0.309 e. The van der Waals surface area contributed by atoms with Crippen LogP contribution in [0.3, 0.4) is 0 Å². The van der Waals surface area contributed by atoms with Crippen molar-refractivity contribution in [3.05, 3.63) is 42.5 Å². The molecule has 0 bridgehead atoms. The summed E-state index contributed by atoms with van der Waals surface area (Å²) < 4.78 is 1.60. The van der Waals surface area contributed by atoms with Crippen molar-refractivity contribution in [2.24, 2.45) is 0 Å². The van der Waals surface area contributed by atoms with Gasteiger partial charge in [-0.05, 0) is 18.2 Å². The fourth-order valence-electron chi connectivity index (χ4n) is 1.24. The smallest absolute Gasteiger partial charge is 0.309 e. The molecule has 1 N–H and O–H groups in total. The fraction of sp³-hybridized carbons (Fsp3) is 0.100. The Morgan fingerprint density at radius 3 is 3.00 bits per heavy atom. The van der Waals surface area contributed by atoms with Gasteiger partial charge in [-0.1, -0.05) is 0 Å². The normalized spacial score (nSPS) is 10.1. The van der Waals surface area contributed by atoms with E-state index >= 15 is 0 Å². The van der Waals surface area contributed by atoms with E-state index in [0.717, 1.165) is 5.69 Å². The standard InChI is InChI=1S/C10H9N3O2/c14-10(15)6-8-3-5-13(12-8)9-2-1-4-11-7-9/h1-5,7H,6H2,(H,14,15). The Kier molecular flexibility index (Phi) is 2.45. The summed E-state index contributed by atoms with van der Waals surface area (Å²) in [5.74, 6) is -0.883. The second-order valence-corrected chi connectivity index (χ2v) is 3.03. The first-order valence-electron chi connectivity index (χ1n) is 4.42. The quantitative estimate of drug-likeness (QED) is 0.804. The summed E-state index contributed by atoms with van der Waals surface area (Å²) in [6, 6.07) is 5.33. The minimum atomic E-state index is -0.883. The van der Waals surface area contributed by atoms with Crippen LogP contribution in [0, 0.1) is 0 Å². The maximum atomic E-state index is 10.5. The van der Waals surface area contributed by atoms with Gasteiger partial charge in [0.1, 0.15) is 0 Å². The molecule has 0 aliphatic carbocycles. The third-order valence-corrected chi connectivity index (χ3v) is 1.89. The van der Waals surface area contributed by atoms with Gasteiger partial charge >= 0.3 is 5.97 Å². The molecule has 0 aliphatic heterocycles. The topological polar surface area (TPSA) is 68.0 Å². The van der Waals surface area contributed by atoms with Crippen molar-refractivity contribution < 1.29 is 9.90 Å². The average Bonchev–Trinajstić information content (AvgIpc) is 2.67. The van der Waals surface area contributed by atoms with Crippen LogP contribution in [0.25, 0.3) is 5.69 Å². The molecular weight excluding hydrogens is 194 g/mol. The number of carboxylic acids is 1. The third-order valence-electron chi connectivity index (χ3n) is 1.89. The summed E-state index contributed by atoms with van der Waals surface area (Å²) in [5.41, 5.74) is 1.35. The first kappa shape index (κ1) is 9.39. The highest BCUT2D eigenvalue weighted by Crippen LogP contribution is 2.05. The number of carbonyl (C=O) groups is 1. The van der Waals surface area contributed by atoms with Crippen molar-refractivity contribution in [2.75, 3.05) is 0 Å². The van der Waals surface area contributed by atoms with E-state index in [1.807, 2.05) is 6.07 Å². The molecule has 0 unspecified atom stereocenters. The highest BCUT2D eigenvalue weighted by atomic mass is 16.4. The van der Waals surface area contributed by atoms with Crippen molar-refractivity contribution >= 4 is 5.97 Å². The van der Waals surface area contributed by atoms with E-state index in [0.29, 0.717) is 5.69 Å². The van der Waals surface area contributed by atoms with Gasteiger partial charge in [-0.25, -0.2) is 4.68 Å². The van der Waals surface area contributed by atoms with Crippen LogP contribution in [0.2, 0.25) is 0 Å². The lowest BCUT2D eigenvalue weighted by atomic mass is 10.3. The molecule has 5 heteroatoms. The van der Waals surface area contributed by atoms with Gasteiger partial charge in [0.2, 0.25) is 0 Å². The number of hydrogen-bond acceptors (Lipinski definition) is 3. The lowest BCUT2D eigenvalue weighted by Crippen LogP contribution is -2.02. The molecule has 0 radical (unpaired) electrons. The number of aromatic nitrogens is 3. The van der Waals surface area contributed by atoms with E-state index in [1.54, 1.807) is 35.4 Å². The van der Waals surface area contributed by atoms with Crippen LogP contribution >= 0.6 is 0 Å². The molecule has 0 saturated carbocycles. The summed E-state index contributed by atoms with van der Waals surface area (Å²) in [5, 5.41) is 12.7. The first-order valence-corrected chi connectivity index (χ1v) is 4.42. The number of carboxylic acid groups (broad SMARTS) is 1. The minimum absolute atomic E-state index is 0.0622. The Hall–Kier alpha value is -2.17. The van der Waals surface area contributed by atoms with Gasteiger partial charge in [0.05, 0.1) is 24.0 Å². The van der Waals surface area contributed by atoms with E-state index in [-0.39, 0.29) is 6.42 Å². The third kappa shape index (κ3) is 2.19. The summed E-state index contributed by atoms with van der Waals surface area (Å²) in [6.45, 7) is 0. The zero-order chi connectivity index (χ0) is 10.7. The van der Waals surface area contributed by atoms with Crippen LogP contribution in [0.5, 0.6) is 0 Å². The van der Waals surface area contributed by atoms with E-state index in [9.17, 15) is 4.79 Å². The minimum Gasteiger partial charge on any atom is -0.481 e. The van der Waals surface area contributed by atoms with E-state index in [1.165, 1.54) is 0 Å². The van der Waals surface area contributed by atoms with Gasteiger partial charge in [0.15, 0.2) is 0 Å². The first-order chi connectivity index (χ1) is 7.25. The monoisotopic (exact) mass is 203 g/mol. The van der Waals surface area contributed by atoms with Crippen molar-refractivity contribution in [1.82, 2.24) is 14.8 Å². The van der Waals surface area contributed by atoms with Gasteiger partial charge < -0.3 is 5.11 Å². The summed E-state index contributed by atoms with van der Waals surface area (Å²) in [4.78, 5) is 14.4. The van der Waals surface area contributed by atoms with Crippen LogP contribution in [0.1, 0.15) is 5.69 Å². The molecule has 2 heterocycles. The summed E-state index contributed by atoms with van der Waals surface area (Å²) in [7, 11) is 0. The molecule has 0 saturated heterocycles. The number of nitrogens with zero attached hydrogens (tertiary/aromatic N) is 3. The summed E-state index contributed by atoms with van der Waals surface area (Å²) in [6.07, 6.45) is 4.99. The Morgan fingerprint density at radius 2 is 2.33 bits per heavy atom. The van der Waals surface area contributed by atoms with Crippen LogP contribution in [-0.4, -0.2) is 25.8 Å². The fourth-order valence-corrected chi connectivity index (χ4v) is 1.24. The van der Waals surface area contributed by atoms with Gasteiger partial charge in [-0.3, -0.25) is 9.78 Å². The molecule has 2 aromatic heterocycles. The predicted molar refractivity (Wildman–Crippen MR) is 52.7 cm³/mol. The number of aliphatic carboxylic acids is 1. The van der Waals surface area contributed by atoms with Crippen LogP contribution in [0.4, 0.5) is 0 Å². The Morgan fingerprint density at radius 1 is 1.47 bits per heavy atom. The Bertz CT molecular complexity index is 465. The summed E-state index contributed by atoms with van der Waals surface area (Å²) >= 11 is 0. The van der Waals surface area contributed by atoms with Crippen LogP contribution in [0.15, 0.2) is 36.8 Å². The molecule has 0 aromatic carbocycles. The number of pyridine rings is 1. The largest absolute Gasteiger partial charge is 0.481 e. The van der Waals surface area contributed by atoms with Gasteiger partial charge in [-0.2, -0.15) is 5.10 Å².